The van der Waals surface area contributed by atoms with Crippen molar-refractivity contribution in [3.05, 3.63) is 53.6 Å². The Balaban J connectivity index is 1.56. The molecule has 3 aliphatic rings. The number of nitriles is 1. The zero-order valence-electron chi connectivity index (χ0n) is 18.7. The molecular formula is C25H28N4O3. The molecule has 32 heavy (non-hydrogen) atoms. The van der Waals surface area contributed by atoms with Crippen LogP contribution in [0.5, 0.6) is 5.75 Å². The topological polar surface area (TPSA) is 93.1 Å². The van der Waals surface area contributed by atoms with Crippen LogP contribution in [0.2, 0.25) is 0 Å². The maximum atomic E-state index is 9.28. The average Bonchev–Trinajstić information content (AvgIpc) is 3.06. The van der Waals surface area contributed by atoms with E-state index in [1.165, 1.54) is 5.06 Å². The van der Waals surface area contributed by atoms with Gasteiger partial charge in [-0.05, 0) is 62.1 Å². The van der Waals surface area contributed by atoms with E-state index in [1.807, 2.05) is 36.4 Å². The smallest absolute Gasteiger partial charge is 0.221 e. The highest BCUT2D eigenvalue weighted by Crippen LogP contribution is 2.49. The number of rotatable bonds is 2. The first kappa shape index (κ1) is 20.8. The van der Waals surface area contributed by atoms with Gasteiger partial charge in [-0.25, -0.2) is 14.9 Å². The minimum Gasteiger partial charge on any atom is -0.489 e. The molecule has 0 bridgehead atoms. The number of guanidine groups is 1. The Bertz CT molecular complexity index is 1120. The molecule has 7 nitrogen and oxygen atoms in total. The van der Waals surface area contributed by atoms with Crippen molar-refractivity contribution in [2.45, 2.75) is 50.5 Å². The molecule has 2 aromatic carbocycles. The molecule has 3 heterocycles. The van der Waals surface area contributed by atoms with Gasteiger partial charge in [-0.1, -0.05) is 18.2 Å². The summed E-state index contributed by atoms with van der Waals surface area (Å²) >= 11 is 0. The first-order chi connectivity index (χ1) is 15.3. The first-order valence-electron chi connectivity index (χ1n) is 11.0. The van der Waals surface area contributed by atoms with Gasteiger partial charge in [0.05, 0.1) is 22.8 Å². The SMILES string of the molecule is CN1O[C@@]2(C[C@@H]([C@H]3CCOC(C)(C)C3)Oc3ccc(-c4cccc(C#N)c4)cc32)N=C1N. The van der Waals surface area contributed by atoms with Crippen LogP contribution in [0.4, 0.5) is 0 Å². The lowest BCUT2D eigenvalue weighted by Crippen LogP contribution is -2.46. The lowest BCUT2D eigenvalue weighted by molar-refractivity contribution is -0.198. The van der Waals surface area contributed by atoms with Crippen LogP contribution in [0.15, 0.2) is 47.5 Å². The summed E-state index contributed by atoms with van der Waals surface area (Å²) in [5.41, 5.74) is 8.45. The van der Waals surface area contributed by atoms with Gasteiger partial charge in [0.15, 0.2) is 0 Å². The summed E-state index contributed by atoms with van der Waals surface area (Å²) in [6.07, 6.45) is 2.37. The molecular weight excluding hydrogens is 404 g/mol. The number of nitrogens with two attached hydrogens (primary N) is 1. The van der Waals surface area contributed by atoms with Crippen molar-refractivity contribution in [3.63, 3.8) is 0 Å². The Hall–Kier alpha value is -3.08. The van der Waals surface area contributed by atoms with Gasteiger partial charge < -0.3 is 15.2 Å². The summed E-state index contributed by atoms with van der Waals surface area (Å²) in [5.74, 6) is 1.44. The standard InChI is InChI=1S/C25H28N4O3/c1-24(2)13-19(9-10-30-24)22-14-25(28-23(27)29(3)32-25)20-12-18(7-8-21(20)31-22)17-6-4-5-16(11-17)15-26/h4-8,11-12,19,22H,9-10,13-14H2,1-3H3,(H2,27,28)/t19-,22-,25+/m0/s1. The molecule has 0 aromatic heterocycles. The van der Waals surface area contributed by atoms with Crippen LogP contribution in [0.3, 0.4) is 0 Å². The van der Waals surface area contributed by atoms with E-state index in [0.29, 0.717) is 23.9 Å². The van der Waals surface area contributed by atoms with Crippen LogP contribution < -0.4 is 10.5 Å². The molecule has 1 saturated heterocycles. The number of benzene rings is 2. The molecule has 3 atom stereocenters. The maximum absolute atomic E-state index is 9.28. The first-order valence-corrected chi connectivity index (χ1v) is 11.0. The Labute approximate surface area is 188 Å². The maximum Gasteiger partial charge on any atom is 0.221 e. The molecule has 1 spiro atoms. The molecule has 0 unspecified atom stereocenters. The van der Waals surface area contributed by atoms with Gasteiger partial charge in [0.25, 0.3) is 0 Å². The van der Waals surface area contributed by atoms with Gasteiger partial charge in [-0.15, -0.1) is 0 Å². The fourth-order valence-electron chi connectivity index (χ4n) is 5.07. The quantitative estimate of drug-likeness (QED) is 0.773. The van der Waals surface area contributed by atoms with E-state index in [4.69, 9.17) is 25.0 Å². The number of nitrogens with zero attached hydrogens (tertiary/aromatic N) is 3. The van der Waals surface area contributed by atoms with E-state index in [1.54, 1.807) is 13.1 Å². The van der Waals surface area contributed by atoms with E-state index < -0.39 is 5.72 Å². The second-order valence-corrected chi connectivity index (χ2v) is 9.47. The van der Waals surface area contributed by atoms with E-state index in [2.05, 4.69) is 19.9 Å². The molecule has 0 aliphatic carbocycles. The highest BCUT2D eigenvalue weighted by Gasteiger charge is 2.51. The van der Waals surface area contributed by atoms with Gasteiger partial charge in [-0.3, -0.25) is 0 Å². The van der Waals surface area contributed by atoms with E-state index >= 15 is 0 Å². The number of hydroxylamine groups is 2. The third kappa shape index (κ3) is 3.60. The van der Waals surface area contributed by atoms with Crippen LogP contribution in [0.25, 0.3) is 11.1 Å². The Kier molecular flexibility index (Phi) is 4.88. The summed E-state index contributed by atoms with van der Waals surface area (Å²) in [6, 6.07) is 15.8. The summed E-state index contributed by atoms with van der Waals surface area (Å²) < 4.78 is 12.5. The highest BCUT2D eigenvalue weighted by atomic mass is 16.7. The van der Waals surface area contributed by atoms with Crippen molar-refractivity contribution in [2.24, 2.45) is 16.6 Å². The Morgan fingerprint density at radius 3 is 2.69 bits per heavy atom. The van der Waals surface area contributed by atoms with Crippen molar-refractivity contribution in [1.29, 1.82) is 5.26 Å². The Morgan fingerprint density at radius 1 is 1.16 bits per heavy atom. The van der Waals surface area contributed by atoms with Gasteiger partial charge >= 0.3 is 0 Å². The van der Waals surface area contributed by atoms with Crippen LogP contribution in [-0.4, -0.2) is 36.4 Å². The van der Waals surface area contributed by atoms with Crippen LogP contribution >= 0.6 is 0 Å². The van der Waals surface area contributed by atoms with Crippen molar-refractivity contribution < 1.29 is 14.3 Å². The second kappa shape index (κ2) is 7.51. The monoisotopic (exact) mass is 432 g/mol. The minimum atomic E-state index is -0.928. The molecule has 3 aliphatic heterocycles. The van der Waals surface area contributed by atoms with Crippen molar-refractivity contribution >= 4 is 5.96 Å². The van der Waals surface area contributed by atoms with Gasteiger partial charge in [0.1, 0.15) is 11.9 Å². The number of ether oxygens (including phenoxy) is 2. The normalized spacial score (nSPS) is 28.6. The van der Waals surface area contributed by atoms with Crippen molar-refractivity contribution in [1.82, 2.24) is 5.06 Å². The van der Waals surface area contributed by atoms with Crippen molar-refractivity contribution in [2.75, 3.05) is 13.7 Å². The molecule has 2 aromatic rings. The van der Waals surface area contributed by atoms with E-state index in [9.17, 15) is 5.26 Å². The predicted molar refractivity (Wildman–Crippen MR) is 121 cm³/mol. The fourth-order valence-corrected chi connectivity index (χ4v) is 5.07. The van der Waals surface area contributed by atoms with Crippen LogP contribution in [0.1, 0.15) is 44.2 Å². The molecule has 2 N–H and O–H groups in total. The highest BCUT2D eigenvalue weighted by molar-refractivity contribution is 5.79. The summed E-state index contributed by atoms with van der Waals surface area (Å²) in [4.78, 5) is 11.1. The van der Waals surface area contributed by atoms with Gasteiger partial charge in [0.2, 0.25) is 11.7 Å². The molecule has 166 valence electrons. The van der Waals surface area contributed by atoms with Crippen molar-refractivity contribution in [3.8, 4) is 22.9 Å². The molecule has 0 saturated carbocycles. The zero-order valence-corrected chi connectivity index (χ0v) is 18.7. The molecule has 0 amide bonds. The number of aliphatic imine (C=N–C) groups is 1. The lowest BCUT2D eigenvalue weighted by Gasteiger charge is -2.44. The van der Waals surface area contributed by atoms with E-state index in [0.717, 1.165) is 41.9 Å². The second-order valence-electron chi connectivity index (χ2n) is 9.47. The molecule has 1 fully saturated rings. The number of hydrogen-bond donors (Lipinski definition) is 1. The third-order valence-electron chi connectivity index (χ3n) is 6.65. The van der Waals surface area contributed by atoms with Gasteiger partial charge in [0, 0.05) is 26.0 Å². The van der Waals surface area contributed by atoms with Crippen LogP contribution in [0, 0.1) is 17.2 Å². The Morgan fingerprint density at radius 2 is 1.97 bits per heavy atom. The summed E-state index contributed by atoms with van der Waals surface area (Å²) in [7, 11) is 1.77. The van der Waals surface area contributed by atoms with Crippen LogP contribution in [-0.2, 0) is 15.3 Å². The number of hydrogen-bond acceptors (Lipinski definition) is 7. The largest absolute Gasteiger partial charge is 0.489 e. The summed E-state index contributed by atoms with van der Waals surface area (Å²) in [6.45, 7) is 4.98. The minimum absolute atomic E-state index is 0.0542. The zero-order chi connectivity index (χ0) is 22.5. The lowest BCUT2D eigenvalue weighted by atomic mass is 9.79. The number of fused-ring (bicyclic) bond motifs is 2. The molecule has 7 heteroatoms. The predicted octanol–water partition coefficient (Wildman–Crippen LogP) is 3.93. The average molecular weight is 433 g/mol. The molecule has 0 radical (unpaired) electrons. The van der Waals surface area contributed by atoms with Gasteiger partial charge in [-0.2, -0.15) is 5.26 Å². The third-order valence-corrected chi connectivity index (χ3v) is 6.65. The summed E-state index contributed by atoms with van der Waals surface area (Å²) in [5, 5.41) is 10.8. The van der Waals surface area contributed by atoms with E-state index in [-0.39, 0.29) is 11.7 Å². The fraction of sp³-hybridized carbons (Fsp3) is 0.440. The molecule has 5 rings (SSSR count).